The summed E-state index contributed by atoms with van der Waals surface area (Å²) in [6.07, 6.45) is 3.18. The lowest BCUT2D eigenvalue weighted by molar-refractivity contribution is -0.145. The Morgan fingerprint density at radius 2 is 2.12 bits per heavy atom. The van der Waals surface area contributed by atoms with Crippen molar-refractivity contribution >= 4 is 23.1 Å². The number of rotatable bonds is 2. The summed E-state index contributed by atoms with van der Waals surface area (Å²) in [7, 11) is 0. The first kappa shape index (κ1) is 11.3. The highest BCUT2D eigenvalue weighted by Crippen LogP contribution is 2.40. The first-order valence-corrected chi connectivity index (χ1v) is 6.04. The number of Topliss-reactive ketones (excluding diaryl/α,β-unsaturated/α-hetero) is 1. The topological polar surface area (TPSA) is 67.3 Å². The van der Waals surface area contributed by atoms with Gasteiger partial charge in [-0.25, -0.2) is 4.98 Å². The lowest BCUT2D eigenvalue weighted by Crippen LogP contribution is -2.39. The standard InChI is InChI=1S/C11H13NO3S/c1-7-12-6-9(16-7)11(10(14)15)4-2-8(13)3-5-11/h6H,2-5H2,1H3,(H,14,15). The number of aliphatic carboxylic acids is 1. The van der Waals surface area contributed by atoms with Crippen molar-refractivity contribution in [3.63, 3.8) is 0 Å². The molecule has 0 spiro atoms. The second-order valence-electron chi connectivity index (χ2n) is 4.17. The molecule has 0 unspecified atom stereocenters. The molecule has 1 aliphatic carbocycles. The molecule has 2 rings (SSSR count). The van der Waals surface area contributed by atoms with E-state index >= 15 is 0 Å². The molecule has 86 valence electrons. The quantitative estimate of drug-likeness (QED) is 0.856. The number of carboxylic acid groups (broad SMARTS) is 1. The van der Waals surface area contributed by atoms with Gasteiger partial charge in [-0.3, -0.25) is 9.59 Å². The van der Waals surface area contributed by atoms with Crippen LogP contribution in [-0.2, 0) is 15.0 Å². The molecule has 0 saturated heterocycles. The Labute approximate surface area is 97.3 Å². The number of hydrogen-bond acceptors (Lipinski definition) is 4. The Bertz CT molecular complexity index is 428. The SMILES string of the molecule is Cc1ncc(C2(C(=O)O)CCC(=O)CC2)s1. The zero-order valence-electron chi connectivity index (χ0n) is 9.02. The number of hydrogen-bond donors (Lipinski definition) is 1. The van der Waals surface area contributed by atoms with E-state index in [9.17, 15) is 14.7 Å². The average molecular weight is 239 g/mol. The van der Waals surface area contributed by atoms with Crippen LogP contribution >= 0.6 is 11.3 Å². The van der Waals surface area contributed by atoms with Crippen LogP contribution in [0.3, 0.4) is 0 Å². The fourth-order valence-electron chi connectivity index (χ4n) is 2.10. The normalized spacial score (nSPS) is 19.7. The number of ketones is 1. The van der Waals surface area contributed by atoms with Crippen LogP contribution in [0.2, 0.25) is 0 Å². The maximum atomic E-state index is 11.5. The van der Waals surface area contributed by atoms with Crippen molar-refractivity contribution in [3.05, 3.63) is 16.1 Å². The summed E-state index contributed by atoms with van der Waals surface area (Å²) in [5, 5.41) is 10.3. The summed E-state index contributed by atoms with van der Waals surface area (Å²) in [6, 6.07) is 0. The van der Waals surface area contributed by atoms with E-state index in [1.807, 2.05) is 6.92 Å². The van der Waals surface area contributed by atoms with Crippen LogP contribution in [0.4, 0.5) is 0 Å². The number of carbonyl (C=O) groups excluding carboxylic acids is 1. The van der Waals surface area contributed by atoms with Gasteiger partial charge in [0, 0.05) is 23.9 Å². The van der Waals surface area contributed by atoms with Gasteiger partial charge in [-0.15, -0.1) is 11.3 Å². The maximum Gasteiger partial charge on any atom is 0.315 e. The largest absolute Gasteiger partial charge is 0.481 e. The Morgan fingerprint density at radius 3 is 2.56 bits per heavy atom. The number of aryl methyl sites for hydroxylation is 1. The molecular weight excluding hydrogens is 226 g/mol. The van der Waals surface area contributed by atoms with E-state index in [1.54, 1.807) is 6.20 Å². The number of carbonyl (C=O) groups is 2. The summed E-state index contributed by atoms with van der Waals surface area (Å²) < 4.78 is 0. The minimum atomic E-state index is -0.875. The molecule has 16 heavy (non-hydrogen) atoms. The average Bonchev–Trinajstić information content (AvgIpc) is 2.66. The van der Waals surface area contributed by atoms with Crippen LogP contribution in [0, 0.1) is 6.92 Å². The number of thiazole rings is 1. The highest BCUT2D eigenvalue weighted by atomic mass is 32.1. The molecule has 1 aromatic heterocycles. The molecular formula is C11H13NO3S. The van der Waals surface area contributed by atoms with Gasteiger partial charge in [0.15, 0.2) is 0 Å². The van der Waals surface area contributed by atoms with Crippen molar-refractivity contribution in [2.45, 2.75) is 38.0 Å². The molecule has 0 amide bonds. The van der Waals surface area contributed by atoms with Gasteiger partial charge in [0.25, 0.3) is 0 Å². The highest BCUT2D eigenvalue weighted by Gasteiger charge is 2.44. The Hall–Kier alpha value is -1.23. The van der Waals surface area contributed by atoms with Crippen molar-refractivity contribution < 1.29 is 14.7 Å². The lowest BCUT2D eigenvalue weighted by atomic mass is 9.73. The molecule has 0 bridgehead atoms. The van der Waals surface area contributed by atoms with Gasteiger partial charge in [-0.1, -0.05) is 0 Å². The van der Waals surface area contributed by atoms with Gasteiger partial charge >= 0.3 is 5.97 Å². The van der Waals surface area contributed by atoms with Crippen LogP contribution in [0.25, 0.3) is 0 Å². The predicted octanol–water partition coefficient (Wildman–Crippen LogP) is 1.92. The van der Waals surface area contributed by atoms with Gasteiger partial charge in [0.2, 0.25) is 0 Å². The first-order chi connectivity index (χ1) is 7.54. The van der Waals surface area contributed by atoms with E-state index in [2.05, 4.69) is 4.98 Å². The summed E-state index contributed by atoms with van der Waals surface area (Å²) >= 11 is 1.42. The molecule has 5 heteroatoms. The number of aromatic nitrogens is 1. The number of carboxylic acids is 1. The molecule has 1 fully saturated rings. The van der Waals surface area contributed by atoms with Crippen LogP contribution in [0.15, 0.2) is 6.20 Å². The van der Waals surface area contributed by atoms with Crippen LogP contribution in [-0.4, -0.2) is 21.8 Å². The Morgan fingerprint density at radius 1 is 1.50 bits per heavy atom. The van der Waals surface area contributed by atoms with E-state index in [0.717, 1.165) is 9.88 Å². The molecule has 0 aromatic carbocycles. The van der Waals surface area contributed by atoms with E-state index in [-0.39, 0.29) is 5.78 Å². The predicted molar refractivity (Wildman–Crippen MR) is 59.6 cm³/mol. The van der Waals surface area contributed by atoms with Gasteiger partial charge in [-0.05, 0) is 19.8 Å². The zero-order valence-corrected chi connectivity index (χ0v) is 9.84. The van der Waals surface area contributed by atoms with E-state index in [4.69, 9.17) is 0 Å². The molecule has 0 aliphatic heterocycles. The Kier molecular flexibility index (Phi) is 2.80. The first-order valence-electron chi connectivity index (χ1n) is 5.22. The van der Waals surface area contributed by atoms with Crippen molar-refractivity contribution in [3.8, 4) is 0 Å². The van der Waals surface area contributed by atoms with E-state index in [0.29, 0.717) is 25.7 Å². The summed E-state index contributed by atoms with van der Waals surface area (Å²) in [4.78, 5) is 27.6. The smallest absolute Gasteiger partial charge is 0.315 e. The third kappa shape index (κ3) is 1.75. The van der Waals surface area contributed by atoms with Gasteiger partial charge in [0.05, 0.1) is 5.01 Å². The van der Waals surface area contributed by atoms with Crippen molar-refractivity contribution in [2.24, 2.45) is 0 Å². The maximum absolute atomic E-state index is 11.5. The van der Waals surface area contributed by atoms with Crippen molar-refractivity contribution in [1.82, 2.24) is 4.98 Å². The molecule has 0 atom stereocenters. The lowest BCUT2D eigenvalue weighted by Gasteiger charge is -2.31. The molecule has 0 radical (unpaired) electrons. The number of nitrogens with zero attached hydrogens (tertiary/aromatic N) is 1. The second-order valence-corrected chi connectivity index (χ2v) is 5.40. The molecule has 1 aliphatic rings. The van der Waals surface area contributed by atoms with Gasteiger partial charge < -0.3 is 5.11 Å². The van der Waals surface area contributed by atoms with E-state index < -0.39 is 11.4 Å². The highest BCUT2D eigenvalue weighted by molar-refractivity contribution is 7.11. The van der Waals surface area contributed by atoms with Crippen LogP contribution in [0.5, 0.6) is 0 Å². The molecule has 1 aromatic rings. The zero-order chi connectivity index (χ0) is 11.8. The monoisotopic (exact) mass is 239 g/mol. The summed E-state index contributed by atoms with van der Waals surface area (Å²) in [5.41, 5.74) is -0.875. The third-order valence-corrected chi connectivity index (χ3v) is 4.28. The minimum absolute atomic E-state index is 0.165. The summed E-state index contributed by atoms with van der Waals surface area (Å²) in [5.74, 6) is -0.665. The van der Waals surface area contributed by atoms with Gasteiger partial charge in [0.1, 0.15) is 11.2 Å². The van der Waals surface area contributed by atoms with Gasteiger partial charge in [-0.2, -0.15) is 0 Å². The van der Waals surface area contributed by atoms with E-state index in [1.165, 1.54) is 11.3 Å². The third-order valence-electron chi connectivity index (χ3n) is 3.16. The fraction of sp³-hybridized carbons (Fsp3) is 0.545. The molecule has 1 N–H and O–H groups in total. The molecule has 1 heterocycles. The van der Waals surface area contributed by atoms with Crippen LogP contribution in [0.1, 0.15) is 35.6 Å². The minimum Gasteiger partial charge on any atom is -0.481 e. The fourth-order valence-corrected chi connectivity index (χ4v) is 3.12. The Balaban J connectivity index is 2.36. The van der Waals surface area contributed by atoms with Crippen molar-refractivity contribution in [2.75, 3.05) is 0 Å². The molecule has 4 nitrogen and oxygen atoms in total. The second kappa shape index (κ2) is 3.97. The van der Waals surface area contributed by atoms with Crippen LogP contribution < -0.4 is 0 Å². The van der Waals surface area contributed by atoms with Crippen molar-refractivity contribution in [1.29, 1.82) is 0 Å². The summed E-state index contributed by atoms with van der Waals surface area (Å²) in [6.45, 7) is 1.86. The molecule has 1 saturated carbocycles.